The summed E-state index contributed by atoms with van der Waals surface area (Å²) in [5.74, 6) is 1.55. The number of para-hydroxylation sites is 1. The zero-order valence-electron chi connectivity index (χ0n) is 20.6. The van der Waals surface area contributed by atoms with Crippen LogP contribution in [0.4, 0.5) is 4.79 Å². The van der Waals surface area contributed by atoms with Crippen molar-refractivity contribution >= 4 is 22.9 Å². The average molecular weight is 523 g/mol. The highest BCUT2D eigenvalue weighted by atomic mass is 32.2. The van der Waals surface area contributed by atoms with Gasteiger partial charge in [-0.25, -0.2) is 4.98 Å². The molecule has 4 saturated heterocycles. The molecule has 3 aromatic rings. The molecule has 4 unspecified atom stereocenters. The van der Waals surface area contributed by atoms with Gasteiger partial charge < -0.3 is 19.3 Å². The second-order valence-electron chi connectivity index (χ2n) is 9.82. The summed E-state index contributed by atoms with van der Waals surface area (Å²) < 4.78 is 18.4. The molecule has 0 saturated carbocycles. The van der Waals surface area contributed by atoms with Crippen LogP contribution < -0.4 is 14.8 Å². The molecule has 11 nitrogen and oxygen atoms in total. The first kappa shape index (κ1) is 23.9. The van der Waals surface area contributed by atoms with Crippen LogP contribution in [0.5, 0.6) is 17.6 Å². The van der Waals surface area contributed by atoms with Gasteiger partial charge in [-0.3, -0.25) is 14.5 Å². The molecule has 2 amide bonds. The molecule has 6 heterocycles. The number of hydrogen-bond acceptors (Lipinski definition) is 11. The number of β-lactam (4-membered cyclic amide) rings is 1. The quantitative estimate of drug-likeness (QED) is 0.456. The fraction of sp³-hybridized carbons (Fsp3) is 0.440. The van der Waals surface area contributed by atoms with E-state index in [9.17, 15) is 9.59 Å². The Hall–Kier alpha value is -3.51. The summed E-state index contributed by atoms with van der Waals surface area (Å²) in [7, 11) is 0. The molecule has 37 heavy (non-hydrogen) atoms. The fourth-order valence-corrected chi connectivity index (χ4v) is 6.54. The van der Waals surface area contributed by atoms with Crippen LogP contribution in [0.3, 0.4) is 0 Å². The van der Waals surface area contributed by atoms with Crippen molar-refractivity contribution in [3.8, 4) is 17.6 Å². The number of carbonyl (C=O) groups is 2. The lowest BCUT2D eigenvalue weighted by Gasteiger charge is -2.43. The Morgan fingerprint density at radius 2 is 2.08 bits per heavy atom. The number of thioether (sulfide) groups is 1. The van der Waals surface area contributed by atoms with Crippen molar-refractivity contribution in [2.45, 2.75) is 44.1 Å². The van der Waals surface area contributed by atoms with Crippen molar-refractivity contribution in [1.82, 2.24) is 30.6 Å². The van der Waals surface area contributed by atoms with E-state index in [-0.39, 0.29) is 35.0 Å². The van der Waals surface area contributed by atoms with E-state index in [1.807, 2.05) is 25.1 Å². The third-order valence-electron chi connectivity index (χ3n) is 7.31. The number of carbonyl (C=O) groups excluding carboxylic acids is 2. The zero-order valence-corrected chi connectivity index (χ0v) is 21.4. The van der Waals surface area contributed by atoms with Crippen LogP contribution in [-0.4, -0.2) is 54.7 Å². The molecule has 2 bridgehead atoms. The van der Waals surface area contributed by atoms with E-state index in [1.54, 1.807) is 18.5 Å². The normalized spacial score (nSPS) is 26.9. The number of rotatable bonds is 7. The number of ether oxygens (including phenoxy) is 2. The van der Waals surface area contributed by atoms with Crippen molar-refractivity contribution in [3.63, 3.8) is 0 Å². The molecule has 4 fully saturated rings. The van der Waals surface area contributed by atoms with Gasteiger partial charge in [0.1, 0.15) is 11.0 Å². The topological polar surface area (TPSA) is 133 Å². The van der Waals surface area contributed by atoms with E-state index >= 15 is 0 Å². The summed E-state index contributed by atoms with van der Waals surface area (Å²) in [6.07, 6.45) is 3.87. The van der Waals surface area contributed by atoms with Crippen molar-refractivity contribution < 1.29 is 23.6 Å². The number of hydrogen-bond donors (Lipinski definition) is 1. The van der Waals surface area contributed by atoms with E-state index in [0.717, 1.165) is 30.4 Å². The Balaban J connectivity index is 1.32. The van der Waals surface area contributed by atoms with Crippen LogP contribution in [0.1, 0.15) is 43.2 Å². The van der Waals surface area contributed by atoms with Gasteiger partial charge in [-0.2, -0.15) is 4.98 Å². The summed E-state index contributed by atoms with van der Waals surface area (Å²) >= 11 is 1.06. The number of nitrogens with one attached hydrogen (secondary N) is 1. The van der Waals surface area contributed by atoms with Crippen LogP contribution in [0.25, 0.3) is 0 Å². The summed E-state index contributed by atoms with van der Waals surface area (Å²) in [4.78, 5) is 34.7. The molecule has 0 radical (unpaired) electrons. The average Bonchev–Trinajstić information content (AvgIpc) is 3.62. The molecule has 0 spiro atoms. The van der Waals surface area contributed by atoms with Crippen LogP contribution in [0.2, 0.25) is 0 Å². The van der Waals surface area contributed by atoms with Crippen molar-refractivity contribution in [1.29, 1.82) is 0 Å². The van der Waals surface area contributed by atoms with Gasteiger partial charge >= 0.3 is 6.01 Å². The molecule has 4 aliphatic rings. The van der Waals surface area contributed by atoms with Crippen molar-refractivity contribution in [2.75, 3.05) is 13.1 Å². The molecule has 1 aromatic carbocycles. The van der Waals surface area contributed by atoms with Gasteiger partial charge in [0.15, 0.2) is 5.60 Å². The summed E-state index contributed by atoms with van der Waals surface area (Å²) in [6, 6.07) is 7.18. The predicted octanol–water partition coefficient (Wildman–Crippen LogP) is 3.62. The zero-order chi connectivity index (χ0) is 25.7. The fourth-order valence-electron chi connectivity index (χ4n) is 5.39. The van der Waals surface area contributed by atoms with E-state index in [2.05, 4.69) is 39.5 Å². The minimum Gasteiger partial charge on any atom is -0.448 e. The number of imide groups is 1. The van der Waals surface area contributed by atoms with Crippen LogP contribution in [0.15, 0.2) is 41.2 Å². The van der Waals surface area contributed by atoms with E-state index in [0.29, 0.717) is 29.4 Å². The number of nitrogens with zero attached hydrogens (tertiary/aromatic N) is 5. The first-order valence-corrected chi connectivity index (χ1v) is 13.1. The smallest absolute Gasteiger partial charge is 0.320 e. The SMILES string of the molecule is Cc1cnc(OC2(c3cnno3)CCNCC2C(C)C)nc1Oc1ccccc1C1C2SC(=O)N1C2=O. The number of amides is 2. The minimum atomic E-state index is -0.844. The number of piperidine rings is 1. The predicted molar refractivity (Wildman–Crippen MR) is 132 cm³/mol. The monoisotopic (exact) mass is 522 g/mol. The molecule has 4 atom stereocenters. The maximum Gasteiger partial charge on any atom is 0.320 e. The molecular formula is C25H26N6O5S. The maximum absolute atomic E-state index is 12.2. The second kappa shape index (κ2) is 9.10. The Morgan fingerprint density at radius 1 is 1.24 bits per heavy atom. The largest absolute Gasteiger partial charge is 0.448 e. The van der Waals surface area contributed by atoms with Crippen molar-refractivity contribution in [3.05, 3.63) is 53.5 Å². The van der Waals surface area contributed by atoms with Gasteiger partial charge in [-0.1, -0.05) is 32.0 Å². The first-order valence-electron chi connectivity index (χ1n) is 12.2. The van der Waals surface area contributed by atoms with Gasteiger partial charge in [0, 0.05) is 41.5 Å². The van der Waals surface area contributed by atoms with E-state index < -0.39 is 10.9 Å². The van der Waals surface area contributed by atoms with Gasteiger partial charge in [0.2, 0.25) is 17.5 Å². The number of aromatic nitrogens is 4. The van der Waals surface area contributed by atoms with Crippen LogP contribution in [-0.2, 0) is 10.4 Å². The highest BCUT2D eigenvalue weighted by Gasteiger charge is 2.60. The third-order valence-corrected chi connectivity index (χ3v) is 8.42. The van der Waals surface area contributed by atoms with Gasteiger partial charge in [0.05, 0.1) is 12.2 Å². The molecule has 12 heteroatoms. The Bertz CT molecular complexity index is 1340. The second-order valence-corrected chi connectivity index (χ2v) is 10.9. The molecule has 0 aliphatic carbocycles. The molecule has 192 valence electrons. The first-order chi connectivity index (χ1) is 17.9. The van der Waals surface area contributed by atoms with E-state index in [4.69, 9.17) is 14.0 Å². The number of benzene rings is 1. The molecular weight excluding hydrogens is 496 g/mol. The van der Waals surface area contributed by atoms with Gasteiger partial charge in [-0.05, 0) is 37.2 Å². The number of fused-ring (bicyclic) bond motifs is 1. The Morgan fingerprint density at radius 3 is 2.78 bits per heavy atom. The summed E-state index contributed by atoms with van der Waals surface area (Å²) in [6.45, 7) is 7.58. The Labute approximate surface area is 217 Å². The summed E-state index contributed by atoms with van der Waals surface area (Å²) in [5, 5.41) is 10.4. The lowest BCUT2D eigenvalue weighted by Crippen LogP contribution is -2.53. The molecule has 7 rings (SSSR count). The lowest BCUT2D eigenvalue weighted by molar-refractivity contribution is -0.137. The van der Waals surface area contributed by atoms with E-state index in [1.165, 1.54) is 4.90 Å². The maximum atomic E-state index is 12.2. The molecule has 1 N–H and O–H groups in total. The third kappa shape index (κ3) is 3.86. The molecule has 2 aromatic heterocycles. The molecule has 4 aliphatic heterocycles. The van der Waals surface area contributed by atoms with Crippen molar-refractivity contribution in [2.24, 2.45) is 11.8 Å². The highest BCUT2D eigenvalue weighted by molar-refractivity contribution is 8.15. The van der Waals surface area contributed by atoms with Gasteiger partial charge in [0.25, 0.3) is 5.24 Å². The van der Waals surface area contributed by atoms with Crippen LogP contribution >= 0.6 is 11.8 Å². The summed E-state index contributed by atoms with van der Waals surface area (Å²) in [5.41, 5.74) is 0.624. The lowest BCUT2D eigenvalue weighted by atomic mass is 9.74. The highest BCUT2D eigenvalue weighted by Crippen LogP contribution is 2.53. The number of aryl methyl sites for hydroxylation is 1. The van der Waals surface area contributed by atoms with Crippen LogP contribution in [0, 0.1) is 18.8 Å². The van der Waals surface area contributed by atoms with Gasteiger partial charge in [-0.15, -0.1) is 5.10 Å². The standard InChI is InChI=1S/C25H26N6O5S/c1-13(2)16-11-26-9-8-25(16,18-12-28-30-36-18)35-23-27-10-14(3)21(29-23)34-17-7-5-4-6-15(17)19-20-22(32)31(19)24(33)37-20/h4-7,10,12-13,16,19-20,26H,8-9,11H2,1-3H3. The minimum absolute atomic E-state index is 0.0571. The Kier molecular flexibility index (Phi) is 5.87.